The van der Waals surface area contributed by atoms with E-state index in [9.17, 15) is 4.79 Å². The number of nitrogens with one attached hydrogen (secondary N) is 2. The maximum atomic E-state index is 12.0. The number of nitrogens with zero attached hydrogens (tertiary/aromatic N) is 1. The average molecular weight is 331 g/mol. The molecule has 1 amide bonds. The Balaban J connectivity index is 1.53. The van der Waals surface area contributed by atoms with Crippen LogP contribution in [0.2, 0.25) is 0 Å². The van der Waals surface area contributed by atoms with E-state index in [0.717, 1.165) is 17.8 Å². The first-order chi connectivity index (χ1) is 12.2. The minimum Gasteiger partial charge on any atom is -0.380 e. The quantitative estimate of drug-likeness (QED) is 0.712. The van der Waals surface area contributed by atoms with E-state index in [0.29, 0.717) is 12.2 Å². The van der Waals surface area contributed by atoms with Crippen molar-refractivity contribution < 1.29 is 4.79 Å². The number of hydrogen-bond donors (Lipinski definition) is 2. The summed E-state index contributed by atoms with van der Waals surface area (Å²) in [5.74, 6) is 0.488. The molecule has 3 rings (SSSR count). The van der Waals surface area contributed by atoms with Gasteiger partial charge in [-0.05, 0) is 35.7 Å². The molecule has 0 aliphatic carbocycles. The van der Waals surface area contributed by atoms with Gasteiger partial charge < -0.3 is 10.6 Å². The molecule has 4 nitrogen and oxygen atoms in total. The van der Waals surface area contributed by atoms with Crippen molar-refractivity contribution in [2.45, 2.75) is 19.9 Å². The van der Waals surface area contributed by atoms with Crippen molar-refractivity contribution in [2.24, 2.45) is 0 Å². The van der Waals surface area contributed by atoms with Crippen LogP contribution in [0.3, 0.4) is 0 Å². The van der Waals surface area contributed by atoms with Crippen molar-refractivity contribution in [2.75, 3.05) is 10.6 Å². The Morgan fingerprint density at radius 1 is 0.960 bits per heavy atom. The van der Waals surface area contributed by atoms with Crippen LogP contribution in [0.5, 0.6) is 0 Å². The molecule has 0 aliphatic heterocycles. The highest BCUT2D eigenvalue weighted by Crippen LogP contribution is 2.13. The fourth-order valence-corrected chi connectivity index (χ4v) is 2.55. The van der Waals surface area contributed by atoms with E-state index in [1.165, 1.54) is 11.1 Å². The lowest BCUT2D eigenvalue weighted by Crippen LogP contribution is -2.15. The zero-order valence-electron chi connectivity index (χ0n) is 14.2. The Kier molecular flexibility index (Phi) is 5.42. The third-order valence-corrected chi connectivity index (χ3v) is 3.98. The molecule has 0 fully saturated rings. The number of aryl methyl sites for hydroxylation is 1. The molecule has 1 aromatic heterocycles. The predicted molar refractivity (Wildman–Crippen MR) is 102 cm³/mol. The van der Waals surface area contributed by atoms with E-state index in [1.807, 2.05) is 54.6 Å². The largest absolute Gasteiger partial charge is 0.380 e. The molecule has 0 saturated carbocycles. The van der Waals surface area contributed by atoms with Gasteiger partial charge >= 0.3 is 0 Å². The molecule has 126 valence electrons. The molecule has 4 heteroatoms. The van der Waals surface area contributed by atoms with Gasteiger partial charge in [-0.1, -0.05) is 54.6 Å². The summed E-state index contributed by atoms with van der Waals surface area (Å²) in [4.78, 5) is 16.3. The molecule has 0 saturated heterocycles. The predicted octanol–water partition coefficient (Wildman–Crippen LogP) is 4.18. The SMILES string of the molecule is Cc1ccccc1CNc1ccc(NC(=O)Cc2ccccc2)nc1. The Bertz CT molecular complexity index is 829. The van der Waals surface area contributed by atoms with Gasteiger partial charge in [-0.25, -0.2) is 4.98 Å². The fourth-order valence-electron chi connectivity index (χ4n) is 2.55. The van der Waals surface area contributed by atoms with Gasteiger partial charge in [0, 0.05) is 6.54 Å². The smallest absolute Gasteiger partial charge is 0.229 e. The molecule has 0 aliphatic rings. The zero-order chi connectivity index (χ0) is 17.5. The van der Waals surface area contributed by atoms with Gasteiger partial charge in [-0.3, -0.25) is 4.79 Å². The van der Waals surface area contributed by atoms with Crippen LogP contribution in [-0.2, 0) is 17.8 Å². The number of carbonyl (C=O) groups is 1. The summed E-state index contributed by atoms with van der Waals surface area (Å²) in [6.45, 7) is 2.84. The van der Waals surface area contributed by atoms with Crippen LogP contribution in [0.15, 0.2) is 72.9 Å². The van der Waals surface area contributed by atoms with Gasteiger partial charge in [0.2, 0.25) is 5.91 Å². The van der Waals surface area contributed by atoms with E-state index in [1.54, 1.807) is 6.20 Å². The van der Waals surface area contributed by atoms with Crippen LogP contribution >= 0.6 is 0 Å². The van der Waals surface area contributed by atoms with Crippen molar-refractivity contribution in [3.05, 3.63) is 89.6 Å². The van der Waals surface area contributed by atoms with Crippen molar-refractivity contribution in [1.82, 2.24) is 4.98 Å². The highest BCUT2D eigenvalue weighted by atomic mass is 16.1. The molecule has 0 radical (unpaired) electrons. The Morgan fingerprint density at radius 3 is 2.44 bits per heavy atom. The summed E-state index contributed by atoms with van der Waals surface area (Å²) in [5, 5.41) is 6.17. The highest BCUT2D eigenvalue weighted by molar-refractivity contribution is 5.91. The summed E-state index contributed by atoms with van der Waals surface area (Å²) in [6, 6.07) is 21.7. The molecular weight excluding hydrogens is 310 g/mol. The molecule has 0 unspecified atom stereocenters. The van der Waals surface area contributed by atoms with Crippen LogP contribution in [-0.4, -0.2) is 10.9 Å². The van der Waals surface area contributed by atoms with E-state index in [4.69, 9.17) is 0 Å². The maximum Gasteiger partial charge on any atom is 0.229 e. The second-order valence-corrected chi connectivity index (χ2v) is 5.92. The monoisotopic (exact) mass is 331 g/mol. The zero-order valence-corrected chi connectivity index (χ0v) is 14.2. The van der Waals surface area contributed by atoms with E-state index in [2.05, 4.69) is 34.7 Å². The number of carbonyl (C=O) groups excluding carboxylic acids is 1. The summed E-state index contributed by atoms with van der Waals surface area (Å²) in [7, 11) is 0. The summed E-state index contributed by atoms with van der Waals surface area (Å²) >= 11 is 0. The van der Waals surface area contributed by atoms with Gasteiger partial charge in [-0.15, -0.1) is 0 Å². The molecular formula is C21H21N3O. The molecule has 0 spiro atoms. The van der Waals surface area contributed by atoms with Gasteiger partial charge in [0.15, 0.2) is 0 Å². The Labute approximate surface area is 147 Å². The second kappa shape index (κ2) is 8.11. The number of aromatic nitrogens is 1. The van der Waals surface area contributed by atoms with Crippen molar-refractivity contribution in [3.8, 4) is 0 Å². The van der Waals surface area contributed by atoms with Gasteiger partial charge in [0.25, 0.3) is 0 Å². The van der Waals surface area contributed by atoms with E-state index < -0.39 is 0 Å². The van der Waals surface area contributed by atoms with Crippen molar-refractivity contribution in [3.63, 3.8) is 0 Å². The molecule has 2 aromatic carbocycles. The molecule has 2 N–H and O–H groups in total. The van der Waals surface area contributed by atoms with Crippen LogP contribution in [0.25, 0.3) is 0 Å². The van der Waals surface area contributed by atoms with Gasteiger partial charge in [-0.2, -0.15) is 0 Å². The first-order valence-corrected chi connectivity index (χ1v) is 8.29. The Hall–Kier alpha value is -3.14. The summed E-state index contributed by atoms with van der Waals surface area (Å²) in [5.41, 5.74) is 4.41. The standard InChI is InChI=1S/C21H21N3O/c1-16-7-5-6-10-18(16)14-22-19-11-12-20(23-15-19)24-21(25)13-17-8-3-2-4-9-17/h2-12,15,22H,13-14H2,1H3,(H,23,24,25). The number of benzene rings is 2. The van der Waals surface area contributed by atoms with E-state index >= 15 is 0 Å². The van der Waals surface area contributed by atoms with Crippen LogP contribution < -0.4 is 10.6 Å². The lowest BCUT2D eigenvalue weighted by Gasteiger charge is -2.10. The van der Waals surface area contributed by atoms with Crippen LogP contribution in [0.1, 0.15) is 16.7 Å². The molecule has 3 aromatic rings. The third kappa shape index (κ3) is 4.91. The van der Waals surface area contributed by atoms with Gasteiger partial charge in [0.05, 0.1) is 18.3 Å². The second-order valence-electron chi connectivity index (χ2n) is 5.92. The number of anilines is 2. The first kappa shape index (κ1) is 16.7. The fraction of sp³-hybridized carbons (Fsp3) is 0.143. The third-order valence-electron chi connectivity index (χ3n) is 3.98. The average Bonchev–Trinajstić information content (AvgIpc) is 2.63. The minimum absolute atomic E-state index is 0.0701. The Morgan fingerprint density at radius 2 is 1.72 bits per heavy atom. The summed E-state index contributed by atoms with van der Waals surface area (Å²) in [6.07, 6.45) is 2.08. The number of hydrogen-bond acceptors (Lipinski definition) is 3. The number of rotatable bonds is 6. The molecule has 0 atom stereocenters. The first-order valence-electron chi connectivity index (χ1n) is 8.29. The normalized spacial score (nSPS) is 10.3. The van der Waals surface area contributed by atoms with Crippen molar-refractivity contribution in [1.29, 1.82) is 0 Å². The molecule has 1 heterocycles. The number of amides is 1. The highest BCUT2D eigenvalue weighted by Gasteiger charge is 2.05. The lowest BCUT2D eigenvalue weighted by atomic mass is 10.1. The van der Waals surface area contributed by atoms with Gasteiger partial charge in [0.1, 0.15) is 5.82 Å². The van der Waals surface area contributed by atoms with Crippen molar-refractivity contribution >= 4 is 17.4 Å². The topological polar surface area (TPSA) is 54.0 Å². The minimum atomic E-state index is -0.0701. The van der Waals surface area contributed by atoms with Crippen LogP contribution in [0, 0.1) is 6.92 Å². The summed E-state index contributed by atoms with van der Waals surface area (Å²) < 4.78 is 0. The molecule has 0 bridgehead atoms. The number of pyridine rings is 1. The lowest BCUT2D eigenvalue weighted by molar-refractivity contribution is -0.115. The molecule has 25 heavy (non-hydrogen) atoms. The van der Waals surface area contributed by atoms with E-state index in [-0.39, 0.29) is 5.91 Å². The van der Waals surface area contributed by atoms with Crippen LogP contribution in [0.4, 0.5) is 11.5 Å². The maximum absolute atomic E-state index is 12.0.